The van der Waals surface area contributed by atoms with Crippen LogP contribution in [0.3, 0.4) is 0 Å². The van der Waals surface area contributed by atoms with Crippen LogP contribution in [-0.2, 0) is 14.8 Å². The van der Waals surface area contributed by atoms with Gasteiger partial charge in [0, 0.05) is 26.4 Å². The second-order valence-corrected chi connectivity index (χ2v) is 10.3. The van der Waals surface area contributed by atoms with Gasteiger partial charge in [-0.2, -0.15) is 0 Å². The zero-order valence-electron chi connectivity index (χ0n) is 16.6. The minimum atomic E-state index is -3.85. The van der Waals surface area contributed by atoms with Crippen molar-refractivity contribution in [3.8, 4) is 0 Å². The fourth-order valence-corrected chi connectivity index (χ4v) is 5.55. The molecule has 3 rings (SSSR count). The molecule has 2 N–H and O–H groups in total. The second kappa shape index (κ2) is 11.2. The van der Waals surface area contributed by atoms with E-state index in [1.165, 1.54) is 28.2 Å². The highest BCUT2D eigenvalue weighted by Gasteiger charge is 2.27. The average molecular weight is 497 g/mol. The molecule has 3 aromatic carbocycles. The molecule has 5 nitrogen and oxygen atoms in total. The van der Waals surface area contributed by atoms with Gasteiger partial charge in [0.1, 0.15) is 0 Å². The smallest absolute Gasteiger partial charge is 0.264 e. The van der Waals surface area contributed by atoms with Gasteiger partial charge in [0.15, 0.2) is 0 Å². The van der Waals surface area contributed by atoms with E-state index in [9.17, 15) is 8.42 Å². The van der Waals surface area contributed by atoms with Crippen molar-refractivity contribution in [3.05, 3.63) is 82.8 Å². The van der Waals surface area contributed by atoms with Gasteiger partial charge in [-0.3, -0.25) is 4.31 Å². The molecule has 0 saturated heterocycles. The SMILES string of the molecule is NCCOCCN(c1ccccc1Sc1ccc(Cl)cc1)S(=O)(=O)c1ccc(Cl)cc1. The molecular weight excluding hydrogens is 475 g/mol. The number of para-hydroxylation sites is 1. The number of anilines is 1. The van der Waals surface area contributed by atoms with Crippen LogP contribution in [0.5, 0.6) is 0 Å². The molecule has 0 saturated carbocycles. The minimum Gasteiger partial charge on any atom is -0.378 e. The molecule has 0 radical (unpaired) electrons. The van der Waals surface area contributed by atoms with Crippen molar-refractivity contribution in [3.63, 3.8) is 0 Å². The molecule has 0 bridgehead atoms. The minimum absolute atomic E-state index is 0.142. The van der Waals surface area contributed by atoms with Crippen molar-refractivity contribution >= 4 is 50.7 Å². The molecule has 31 heavy (non-hydrogen) atoms. The van der Waals surface area contributed by atoms with Crippen LogP contribution in [-0.4, -0.2) is 34.7 Å². The second-order valence-electron chi connectivity index (χ2n) is 6.46. The van der Waals surface area contributed by atoms with E-state index in [0.717, 1.165) is 9.79 Å². The highest BCUT2D eigenvalue weighted by atomic mass is 35.5. The molecule has 0 heterocycles. The van der Waals surface area contributed by atoms with E-state index in [4.69, 9.17) is 33.7 Å². The molecule has 3 aromatic rings. The first-order valence-corrected chi connectivity index (χ1v) is 12.5. The van der Waals surface area contributed by atoms with E-state index in [1.807, 2.05) is 30.3 Å². The number of benzene rings is 3. The van der Waals surface area contributed by atoms with Gasteiger partial charge in [-0.15, -0.1) is 0 Å². The molecule has 164 valence electrons. The van der Waals surface area contributed by atoms with Crippen LogP contribution in [0.4, 0.5) is 5.69 Å². The Labute approximate surface area is 197 Å². The lowest BCUT2D eigenvalue weighted by molar-refractivity contribution is 0.149. The number of hydrogen-bond acceptors (Lipinski definition) is 5. The standard InChI is InChI=1S/C22H22Cl2N2O3S2/c23-17-5-9-19(10-6-17)30-22-4-2-1-3-21(22)26(14-16-29-15-13-25)31(27,28)20-11-7-18(24)8-12-20/h1-12H,13-16,25H2. The van der Waals surface area contributed by atoms with Gasteiger partial charge in [0.05, 0.1) is 30.3 Å². The molecule has 0 aliphatic rings. The molecule has 0 fully saturated rings. The molecule has 0 unspecified atom stereocenters. The Bertz CT molecular complexity index is 1090. The third-order valence-electron chi connectivity index (χ3n) is 4.28. The Hall–Kier alpha value is -1.74. The highest BCUT2D eigenvalue weighted by molar-refractivity contribution is 7.99. The number of hydrogen-bond donors (Lipinski definition) is 1. The first-order valence-electron chi connectivity index (χ1n) is 9.50. The van der Waals surface area contributed by atoms with Crippen molar-refractivity contribution in [2.75, 3.05) is 30.6 Å². The predicted molar refractivity (Wildman–Crippen MR) is 128 cm³/mol. The topological polar surface area (TPSA) is 72.6 Å². The number of rotatable bonds is 10. The molecule has 0 aromatic heterocycles. The van der Waals surface area contributed by atoms with Gasteiger partial charge in [0.2, 0.25) is 0 Å². The Morgan fingerprint density at radius 2 is 1.48 bits per heavy atom. The molecular formula is C22H22Cl2N2O3S2. The summed E-state index contributed by atoms with van der Waals surface area (Å²) in [4.78, 5) is 1.89. The molecule has 0 aliphatic carbocycles. The van der Waals surface area contributed by atoms with Crippen LogP contribution in [0.25, 0.3) is 0 Å². The lowest BCUT2D eigenvalue weighted by Gasteiger charge is -2.26. The summed E-state index contributed by atoms with van der Waals surface area (Å²) < 4.78 is 33.9. The van der Waals surface area contributed by atoms with E-state index in [2.05, 4.69) is 0 Å². The Morgan fingerprint density at radius 3 is 2.13 bits per heavy atom. The molecule has 0 aliphatic heterocycles. The number of nitrogens with zero attached hydrogens (tertiary/aromatic N) is 1. The highest BCUT2D eigenvalue weighted by Crippen LogP contribution is 2.37. The maximum atomic E-state index is 13.5. The van der Waals surface area contributed by atoms with Gasteiger partial charge in [-0.25, -0.2) is 8.42 Å². The van der Waals surface area contributed by atoms with Crippen LogP contribution in [0.1, 0.15) is 0 Å². The Kier molecular flexibility index (Phi) is 8.66. The Morgan fingerprint density at radius 1 is 0.871 bits per heavy atom. The van der Waals surface area contributed by atoms with Crippen LogP contribution in [0.2, 0.25) is 10.0 Å². The third kappa shape index (κ3) is 6.38. The number of halogens is 2. The fraction of sp³-hybridized carbons (Fsp3) is 0.182. The van der Waals surface area contributed by atoms with Crippen molar-refractivity contribution in [1.82, 2.24) is 0 Å². The lowest BCUT2D eigenvalue weighted by atomic mass is 10.3. The first kappa shape index (κ1) is 23.9. The van der Waals surface area contributed by atoms with Gasteiger partial charge in [0.25, 0.3) is 10.0 Å². The van der Waals surface area contributed by atoms with Crippen LogP contribution >= 0.6 is 35.0 Å². The largest absolute Gasteiger partial charge is 0.378 e. The van der Waals surface area contributed by atoms with Crippen molar-refractivity contribution in [2.24, 2.45) is 5.73 Å². The van der Waals surface area contributed by atoms with E-state index in [0.29, 0.717) is 28.9 Å². The Balaban J connectivity index is 1.99. The molecule has 9 heteroatoms. The maximum absolute atomic E-state index is 13.5. The van der Waals surface area contributed by atoms with Gasteiger partial charge in [-0.05, 0) is 60.7 Å². The van der Waals surface area contributed by atoms with E-state index >= 15 is 0 Å². The summed E-state index contributed by atoms with van der Waals surface area (Å²) in [5.74, 6) is 0. The molecule has 0 atom stereocenters. The summed E-state index contributed by atoms with van der Waals surface area (Å²) in [5.41, 5.74) is 6.05. The third-order valence-corrected chi connectivity index (χ3v) is 7.68. The van der Waals surface area contributed by atoms with E-state index in [-0.39, 0.29) is 18.0 Å². The summed E-state index contributed by atoms with van der Waals surface area (Å²) in [5, 5.41) is 1.11. The summed E-state index contributed by atoms with van der Waals surface area (Å²) >= 11 is 13.4. The van der Waals surface area contributed by atoms with E-state index < -0.39 is 10.0 Å². The summed E-state index contributed by atoms with van der Waals surface area (Å²) in [6, 6.07) is 20.9. The first-order chi connectivity index (χ1) is 14.9. The van der Waals surface area contributed by atoms with Crippen molar-refractivity contribution < 1.29 is 13.2 Å². The normalized spacial score (nSPS) is 11.5. The average Bonchev–Trinajstić information content (AvgIpc) is 2.76. The molecule has 0 spiro atoms. The zero-order valence-corrected chi connectivity index (χ0v) is 19.7. The van der Waals surface area contributed by atoms with Gasteiger partial charge < -0.3 is 10.5 Å². The summed E-state index contributed by atoms with van der Waals surface area (Å²) in [6.07, 6.45) is 0. The monoisotopic (exact) mass is 496 g/mol. The number of nitrogens with two attached hydrogens (primary N) is 1. The summed E-state index contributed by atoms with van der Waals surface area (Å²) in [6.45, 7) is 1.08. The predicted octanol–water partition coefficient (Wildman–Crippen LogP) is 5.32. The van der Waals surface area contributed by atoms with Crippen LogP contribution in [0.15, 0.2) is 87.5 Å². The van der Waals surface area contributed by atoms with Crippen LogP contribution < -0.4 is 10.0 Å². The maximum Gasteiger partial charge on any atom is 0.264 e. The van der Waals surface area contributed by atoms with Crippen LogP contribution in [0, 0.1) is 0 Å². The molecule has 0 amide bonds. The number of ether oxygens (including phenoxy) is 1. The quantitative estimate of drug-likeness (QED) is 0.384. The van der Waals surface area contributed by atoms with E-state index in [1.54, 1.807) is 30.3 Å². The number of sulfonamides is 1. The summed E-state index contributed by atoms with van der Waals surface area (Å²) in [7, 11) is -3.85. The fourth-order valence-electron chi connectivity index (χ4n) is 2.82. The van der Waals surface area contributed by atoms with Crippen molar-refractivity contribution in [1.29, 1.82) is 0 Å². The lowest BCUT2D eigenvalue weighted by Crippen LogP contribution is -2.34. The van der Waals surface area contributed by atoms with Gasteiger partial charge >= 0.3 is 0 Å². The van der Waals surface area contributed by atoms with Crippen molar-refractivity contribution in [2.45, 2.75) is 14.7 Å². The zero-order chi connectivity index (χ0) is 22.3. The van der Waals surface area contributed by atoms with Gasteiger partial charge in [-0.1, -0.05) is 47.1 Å².